The lowest BCUT2D eigenvalue weighted by molar-refractivity contribution is -0.384. The molecule has 3 aromatic rings. The second kappa shape index (κ2) is 8.93. The number of rotatable bonds is 8. The molecular weight excluding hydrogens is 440 g/mol. The number of hydrogen-bond donors (Lipinski definition) is 1. The summed E-state index contributed by atoms with van der Waals surface area (Å²) in [6.45, 7) is 3.33. The van der Waals surface area contributed by atoms with Crippen LogP contribution in [0.2, 0.25) is 0 Å². The van der Waals surface area contributed by atoms with Crippen LogP contribution < -0.4 is 11.1 Å². The number of nitro groups is 1. The molecule has 0 bridgehead atoms. The van der Waals surface area contributed by atoms with E-state index in [-0.39, 0.29) is 40.8 Å². The monoisotopic (exact) mass is 462 g/mol. The van der Waals surface area contributed by atoms with Gasteiger partial charge in [0.15, 0.2) is 5.58 Å². The molecule has 1 heterocycles. The molecule has 0 fully saturated rings. The minimum atomic E-state index is -3.60. The van der Waals surface area contributed by atoms with Gasteiger partial charge < -0.3 is 9.73 Å². The molecule has 12 heteroatoms. The Morgan fingerprint density at radius 1 is 1.22 bits per heavy atom. The highest BCUT2D eigenvalue weighted by Crippen LogP contribution is 2.20. The number of carbonyl (C=O) groups is 1. The van der Waals surface area contributed by atoms with Gasteiger partial charge in [-0.25, -0.2) is 13.2 Å². The van der Waals surface area contributed by atoms with Crippen LogP contribution in [0.1, 0.15) is 19.4 Å². The van der Waals surface area contributed by atoms with Gasteiger partial charge in [-0.3, -0.25) is 19.5 Å². The minimum Gasteiger partial charge on any atom is -0.407 e. The zero-order chi connectivity index (χ0) is 23.6. The highest BCUT2D eigenvalue weighted by Gasteiger charge is 2.23. The van der Waals surface area contributed by atoms with Gasteiger partial charge in [0, 0.05) is 25.7 Å². The summed E-state index contributed by atoms with van der Waals surface area (Å²) >= 11 is 0. The van der Waals surface area contributed by atoms with Gasteiger partial charge >= 0.3 is 5.76 Å². The number of nitrogens with zero attached hydrogens (tertiary/aromatic N) is 3. The van der Waals surface area contributed by atoms with Gasteiger partial charge in [-0.05, 0) is 37.6 Å². The number of nitro benzene ring substituents is 1. The first kappa shape index (κ1) is 23.2. The molecule has 2 aromatic carbocycles. The number of carbonyl (C=O) groups excluding carboxylic acids is 1. The van der Waals surface area contributed by atoms with E-state index >= 15 is 0 Å². The standard InChI is InChI=1S/C20H22N4O7S/c1-13(2)22(3)32(29,30)16-7-4-14(5-8-16)11-21-19(25)12-23-17-9-6-15(24(27)28)10-18(17)31-20(23)26/h4-10,13H,11-12H2,1-3H3,(H,21,25). The second-order valence-corrected chi connectivity index (χ2v) is 9.40. The molecule has 0 aliphatic heterocycles. The maximum Gasteiger partial charge on any atom is 0.420 e. The summed E-state index contributed by atoms with van der Waals surface area (Å²) in [5, 5.41) is 13.5. The molecule has 0 aliphatic carbocycles. The van der Waals surface area contributed by atoms with Gasteiger partial charge in [-0.15, -0.1) is 0 Å². The maximum absolute atomic E-state index is 12.5. The maximum atomic E-state index is 12.5. The SMILES string of the molecule is CC(C)N(C)S(=O)(=O)c1ccc(CNC(=O)Cn2c(=O)oc3cc([N+](=O)[O-])ccc32)cc1. The van der Waals surface area contributed by atoms with Gasteiger partial charge in [0.05, 0.1) is 21.4 Å². The van der Waals surface area contributed by atoms with Crippen LogP contribution in [-0.4, -0.2) is 41.2 Å². The van der Waals surface area contributed by atoms with Gasteiger partial charge in [0.2, 0.25) is 15.9 Å². The van der Waals surface area contributed by atoms with Crippen LogP contribution in [-0.2, 0) is 27.9 Å². The molecular formula is C20H22N4O7S. The number of nitrogens with one attached hydrogen (secondary N) is 1. The summed E-state index contributed by atoms with van der Waals surface area (Å²) in [6.07, 6.45) is 0. The predicted molar refractivity (Wildman–Crippen MR) is 116 cm³/mol. The Morgan fingerprint density at radius 2 is 1.88 bits per heavy atom. The van der Waals surface area contributed by atoms with Gasteiger partial charge in [-0.1, -0.05) is 12.1 Å². The van der Waals surface area contributed by atoms with Crippen LogP contribution >= 0.6 is 0 Å². The van der Waals surface area contributed by atoms with E-state index in [0.29, 0.717) is 5.56 Å². The summed E-state index contributed by atoms with van der Waals surface area (Å²) in [4.78, 5) is 34.8. The number of hydrogen-bond acceptors (Lipinski definition) is 7. The van der Waals surface area contributed by atoms with Gasteiger partial charge in [0.1, 0.15) is 6.54 Å². The van der Waals surface area contributed by atoms with Crippen LogP contribution in [0.25, 0.3) is 11.1 Å². The van der Waals surface area contributed by atoms with Crippen molar-refractivity contribution >= 4 is 32.7 Å². The highest BCUT2D eigenvalue weighted by molar-refractivity contribution is 7.89. The Hall–Kier alpha value is -3.51. The first-order chi connectivity index (χ1) is 15.0. The third-order valence-electron chi connectivity index (χ3n) is 4.98. The Balaban J connectivity index is 1.67. The lowest BCUT2D eigenvalue weighted by Crippen LogP contribution is -2.33. The molecule has 0 saturated heterocycles. The number of oxazole rings is 1. The van der Waals surface area contributed by atoms with Crippen molar-refractivity contribution in [2.24, 2.45) is 0 Å². The number of fused-ring (bicyclic) bond motifs is 1. The lowest BCUT2D eigenvalue weighted by Gasteiger charge is -2.21. The Labute approximate surface area is 183 Å². The van der Waals surface area contributed by atoms with Crippen molar-refractivity contribution in [1.29, 1.82) is 0 Å². The fourth-order valence-corrected chi connectivity index (χ4v) is 4.31. The average Bonchev–Trinajstić information content (AvgIpc) is 3.06. The van der Waals surface area contributed by atoms with E-state index in [1.54, 1.807) is 26.0 Å². The first-order valence-electron chi connectivity index (χ1n) is 9.62. The van der Waals surface area contributed by atoms with E-state index in [1.165, 1.54) is 35.6 Å². The zero-order valence-corrected chi connectivity index (χ0v) is 18.5. The normalized spacial score (nSPS) is 11.9. The molecule has 0 unspecified atom stereocenters. The van der Waals surface area contributed by atoms with Crippen molar-refractivity contribution in [2.45, 2.75) is 37.9 Å². The summed E-state index contributed by atoms with van der Waals surface area (Å²) in [7, 11) is -2.09. The Kier molecular flexibility index (Phi) is 6.46. The molecule has 32 heavy (non-hydrogen) atoms. The quantitative estimate of drug-likeness (QED) is 0.397. The third-order valence-corrected chi connectivity index (χ3v) is 7.03. The van der Waals surface area contributed by atoms with Crippen molar-refractivity contribution in [1.82, 2.24) is 14.2 Å². The smallest absolute Gasteiger partial charge is 0.407 e. The van der Waals surface area contributed by atoms with Crippen molar-refractivity contribution in [3.05, 3.63) is 68.7 Å². The minimum absolute atomic E-state index is 0.0140. The van der Waals surface area contributed by atoms with E-state index in [0.717, 1.165) is 10.6 Å². The summed E-state index contributed by atoms with van der Waals surface area (Å²) in [5.74, 6) is -1.29. The molecule has 1 aromatic heterocycles. The van der Waals surface area contributed by atoms with E-state index in [4.69, 9.17) is 4.42 Å². The van der Waals surface area contributed by atoms with Crippen LogP contribution in [0.4, 0.5) is 5.69 Å². The van der Waals surface area contributed by atoms with Gasteiger partial charge in [0.25, 0.3) is 5.69 Å². The van der Waals surface area contributed by atoms with E-state index < -0.39 is 26.6 Å². The first-order valence-corrected chi connectivity index (χ1v) is 11.1. The molecule has 170 valence electrons. The van der Waals surface area contributed by atoms with Crippen LogP contribution in [0.15, 0.2) is 56.6 Å². The molecule has 0 spiro atoms. The largest absolute Gasteiger partial charge is 0.420 e. The summed E-state index contributed by atoms with van der Waals surface area (Å²) in [5.41, 5.74) is 0.720. The molecule has 1 N–H and O–H groups in total. The molecule has 0 aliphatic rings. The lowest BCUT2D eigenvalue weighted by atomic mass is 10.2. The number of amides is 1. The molecule has 0 saturated carbocycles. The zero-order valence-electron chi connectivity index (χ0n) is 17.6. The second-order valence-electron chi connectivity index (χ2n) is 7.40. The van der Waals surface area contributed by atoms with Crippen molar-refractivity contribution in [3.63, 3.8) is 0 Å². The van der Waals surface area contributed by atoms with E-state index in [2.05, 4.69) is 5.32 Å². The van der Waals surface area contributed by atoms with Crippen molar-refractivity contribution in [3.8, 4) is 0 Å². The van der Waals surface area contributed by atoms with Crippen LogP contribution in [0.5, 0.6) is 0 Å². The third kappa shape index (κ3) is 4.70. The molecule has 11 nitrogen and oxygen atoms in total. The van der Waals surface area contributed by atoms with Crippen molar-refractivity contribution < 1.29 is 22.6 Å². The van der Waals surface area contributed by atoms with Crippen LogP contribution in [0, 0.1) is 10.1 Å². The highest BCUT2D eigenvalue weighted by atomic mass is 32.2. The fraction of sp³-hybridized carbons (Fsp3) is 0.300. The fourth-order valence-electron chi connectivity index (χ4n) is 2.94. The number of sulfonamides is 1. The predicted octanol–water partition coefficient (Wildman–Crippen LogP) is 1.85. The Bertz CT molecular complexity index is 1320. The summed E-state index contributed by atoms with van der Waals surface area (Å²) in [6, 6.07) is 9.63. The summed E-state index contributed by atoms with van der Waals surface area (Å²) < 4.78 is 32.3. The van der Waals surface area contributed by atoms with Gasteiger partial charge in [-0.2, -0.15) is 4.31 Å². The number of non-ortho nitro benzene ring substituents is 1. The average molecular weight is 462 g/mol. The number of aromatic nitrogens is 1. The molecule has 0 atom stereocenters. The number of benzene rings is 2. The van der Waals surface area contributed by atoms with E-state index in [1.807, 2.05) is 0 Å². The molecule has 1 amide bonds. The van der Waals surface area contributed by atoms with Crippen LogP contribution in [0.3, 0.4) is 0 Å². The van der Waals surface area contributed by atoms with E-state index in [9.17, 15) is 28.1 Å². The molecule has 0 radical (unpaired) electrons. The molecule has 3 rings (SSSR count). The van der Waals surface area contributed by atoms with Crippen molar-refractivity contribution in [2.75, 3.05) is 7.05 Å². The Morgan fingerprint density at radius 3 is 2.47 bits per heavy atom. The topological polar surface area (TPSA) is 145 Å².